The molecule has 0 aliphatic carbocycles. The number of hydrogen-bond donors (Lipinski definition) is 3. The summed E-state index contributed by atoms with van der Waals surface area (Å²) in [5, 5.41) is 9.32. The number of hydrogen-bond acceptors (Lipinski definition) is 3. The first-order chi connectivity index (χ1) is 6.04. The van der Waals surface area contributed by atoms with Gasteiger partial charge < -0.3 is 11.5 Å². The molecule has 0 rings (SSSR count). The maximum absolute atomic E-state index is 10.4. The molecule has 0 atom stereocenters. The van der Waals surface area contributed by atoms with E-state index in [-0.39, 0.29) is 19.0 Å². The zero-order valence-electron chi connectivity index (χ0n) is 8.32. The van der Waals surface area contributed by atoms with Gasteiger partial charge in [0.1, 0.15) is 0 Å². The van der Waals surface area contributed by atoms with Crippen LogP contribution in [-0.4, -0.2) is 35.2 Å². The summed E-state index contributed by atoms with van der Waals surface area (Å²) in [6.45, 7) is 5.56. The second-order valence-corrected chi connectivity index (χ2v) is 1.95. The van der Waals surface area contributed by atoms with Gasteiger partial charge in [-0.1, -0.05) is 13.8 Å². The average Bonchev–Trinajstić information content (AvgIpc) is 2.07. The highest BCUT2D eigenvalue weighted by Gasteiger charge is 2.01. The van der Waals surface area contributed by atoms with Crippen LogP contribution < -0.4 is 11.5 Å². The van der Waals surface area contributed by atoms with Crippen LogP contribution in [-0.2, 0) is 4.79 Å². The second kappa shape index (κ2) is 8.79. The molecule has 13 heavy (non-hydrogen) atoms. The molecule has 0 aromatic rings. The molecular formula is C7H18N4O2. The van der Waals surface area contributed by atoms with Crippen LogP contribution in [0.25, 0.3) is 0 Å². The van der Waals surface area contributed by atoms with E-state index >= 15 is 0 Å². The number of guanidine groups is 1. The summed E-state index contributed by atoms with van der Waals surface area (Å²) >= 11 is 0. The quantitative estimate of drug-likeness (QED) is 0.242. The van der Waals surface area contributed by atoms with Crippen LogP contribution in [0.2, 0.25) is 0 Å². The van der Waals surface area contributed by atoms with E-state index in [1.54, 1.807) is 0 Å². The normalized spacial score (nSPS) is 8.00. The molecule has 0 bridgehead atoms. The van der Waals surface area contributed by atoms with Crippen LogP contribution in [0.4, 0.5) is 0 Å². The fraction of sp³-hybridized carbons (Fsp3) is 0.714. The third-order valence-corrected chi connectivity index (χ3v) is 0.970. The maximum Gasteiger partial charge on any atom is 0.242 e. The van der Waals surface area contributed by atoms with Crippen LogP contribution in [0, 0.1) is 0 Å². The Morgan fingerprint density at radius 3 is 2.23 bits per heavy atom. The Hall–Kier alpha value is -1.30. The minimum absolute atomic E-state index is 0.0537. The monoisotopic (exact) mass is 190 g/mol. The Balaban J connectivity index is 0. The molecule has 5 N–H and O–H groups in total. The van der Waals surface area contributed by atoms with Gasteiger partial charge in [0.2, 0.25) is 5.91 Å². The van der Waals surface area contributed by atoms with E-state index in [0.717, 1.165) is 0 Å². The lowest BCUT2D eigenvalue weighted by atomic mass is 10.6. The van der Waals surface area contributed by atoms with Crippen molar-refractivity contribution in [3.05, 3.63) is 0 Å². The molecule has 0 aromatic heterocycles. The van der Waals surface area contributed by atoms with Crippen molar-refractivity contribution in [2.24, 2.45) is 16.5 Å². The van der Waals surface area contributed by atoms with Crippen LogP contribution >= 0.6 is 0 Å². The molecule has 0 saturated carbocycles. The summed E-state index contributed by atoms with van der Waals surface area (Å²) < 4.78 is 0. The number of nitrogens with zero attached hydrogens (tertiary/aromatic N) is 2. The van der Waals surface area contributed by atoms with Crippen molar-refractivity contribution >= 4 is 11.9 Å². The first kappa shape index (κ1) is 14.2. The van der Waals surface area contributed by atoms with E-state index in [0.29, 0.717) is 5.06 Å². The summed E-state index contributed by atoms with van der Waals surface area (Å²) in [5.74, 6) is -0.488. The van der Waals surface area contributed by atoms with Crippen LogP contribution in [0.5, 0.6) is 0 Å². The lowest BCUT2D eigenvalue weighted by Gasteiger charge is -2.09. The lowest BCUT2D eigenvalue weighted by Crippen LogP contribution is -2.29. The van der Waals surface area contributed by atoms with Gasteiger partial charge in [0.15, 0.2) is 5.96 Å². The van der Waals surface area contributed by atoms with Gasteiger partial charge in [0.05, 0.1) is 13.1 Å². The first-order valence-electron chi connectivity index (χ1n) is 4.06. The van der Waals surface area contributed by atoms with E-state index in [2.05, 4.69) is 4.99 Å². The van der Waals surface area contributed by atoms with Crippen LogP contribution in [0.3, 0.4) is 0 Å². The second-order valence-electron chi connectivity index (χ2n) is 1.95. The van der Waals surface area contributed by atoms with Crippen molar-refractivity contribution < 1.29 is 10.0 Å². The molecule has 0 spiro atoms. The highest BCUT2D eigenvalue weighted by atomic mass is 16.5. The molecule has 1 amide bonds. The predicted octanol–water partition coefficient (Wildman–Crippen LogP) is -0.476. The van der Waals surface area contributed by atoms with E-state index in [9.17, 15) is 4.79 Å². The molecule has 0 aromatic carbocycles. The number of aliphatic imine (C=N–C) groups is 1. The lowest BCUT2D eigenvalue weighted by molar-refractivity contribution is -0.161. The minimum atomic E-state index is -0.434. The van der Waals surface area contributed by atoms with Gasteiger partial charge in [-0.2, -0.15) is 0 Å². The van der Waals surface area contributed by atoms with Crippen LogP contribution in [0.1, 0.15) is 20.8 Å². The van der Waals surface area contributed by atoms with Gasteiger partial charge in [-0.05, 0) is 0 Å². The zero-order valence-corrected chi connectivity index (χ0v) is 8.32. The number of carbonyl (C=O) groups excluding carboxylic acids is 1. The van der Waals surface area contributed by atoms with Crippen molar-refractivity contribution in [3.8, 4) is 0 Å². The predicted molar refractivity (Wildman–Crippen MR) is 51.2 cm³/mol. The van der Waals surface area contributed by atoms with E-state index in [4.69, 9.17) is 16.7 Å². The van der Waals surface area contributed by atoms with Crippen molar-refractivity contribution in [1.29, 1.82) is 0 Å². The van der Waals surface area contributed by atoms with E-state index in [1.165, 1.54) is 6.92 Å². The molecule has 0 aliphatic heterocycles. The molecule has 0 fully saturated rings. The fourth-order valence-corrected chi connectivity index (χ4v) is 0.431. The Morgan fingerprint density at radius 2 is 1.92 bits per heavy atom. The molecule has 0 radical (unpaired) electrons. The molecule has 0 heterocycles. The van der Waals surface area contributed by atoms with Gasteiger partial charge in [0, 0.05) is 6.92 Å². The number of carbonyl (C=O) groups is 1. The maximum atomic E-state index is 10.4. The number of rotatable bonds is 3. The smallest absolute Gasteiger partial charge is 0.242 e. The molecule has 78 valence electrons. The SMILES string of the molecule is CC.CC(=O)N(O)CCN=C(N)N. The Morgan fingerprint density at radius 1 is 1.46 bits per heavy atom. The van der Waals surface area contributed by atoms with Gasteiger partial charge in [-0.25, -0.2) is 5.06 Å². The summed E-state index contributed by atoms with van der Waals surface area (Å²) in [5.41, 5.74) is 9.99. The highest BCUT2D eigenvalue weighted by Crippen LogP contribution is 1.81. The van der Waals surface area contributed by atoms with Gasteiger partial charge in [-0.15, -0.1) is 0 Å². The number of nitrogens with two attached hydrogens (primary N) is 2. The van der Waals surface area contributed by atoms with Gasteiger partial charge >= 0.3 is 0 Å². The molecule has 0 aliphatic rings. The standard InChI is InChI=1S/C5H12N4O2.C2H6/c1-4(10)9(11)3-2-8-5(6)7;1-2/h11H,2-3H2,1H3,(H4,6,7,8);1-2H3. The molecule has 0 saturated heterocycles. The first-order valence-corrected chi connectivity index (χ1v) is 4.06. The Labute approximate surface area is 78.2 Å². The minimum Gasteiger partial charge on any atom is -0.370 e. The van der Waals surface area contributed by atoms with Crippen molar-refractivity contribution in [3.63, 3.8) is 0 Å². The Kier molecular flexibility index (Phi) is 9.63. The number of amides is 1. The summed E-state index contributed by atoms with van der Waals surface area (Å²) in [7, 11) is 0. The largest absolute Gasteiger partial charge is 0.370 e. The van der Waals surface area contributed by atoms with Crippen molar-refractivity contribution in [1.82, 2.24) is 5.06 Å². The molecular weight excluding hydrogens is 172 g/mol. The molecule has 6 heteroatoms. The summed E-state index contributed by atoms with van der Waals surface area (Å²) in [6, 6.07) is 0. The van der Waals surface area contributed by atoms with Gasteiger partial charge in [0.25, 0.3) is 0 Å². The third kappa shape index (κ3) is 10.7. The zero-order chi connectivity index (χ0) is 10.9. The molecule has 0 unspecified atom stereocenters. The summed E-state index contributed by atoms with van der Waals surface area (Å²) in [4.78, 5) is 13.9. The van der Waals surface area contributed by atoms with E-state index in [1.807, 2.05) is 13.8 Å². The molecule has 6 nitrogen and oxygen atoms in total. The topological polar surface area (TPSA) is 105 Å². The number of hydroxylamine groups is 2. The van der Waals surface area contributed by atoms with E-state index < -0.39 is 5.91 Å². The fourth-order valence-electron chi connectivity index (χ4n) is 0.431. The van der Waals surface area contributed by atoms with Crippen molar-refractivity contribution in [2.75, 3.05) is 13.1 Å². The highest BCUT2D eigenvalue weighted by molar-refractivity contribution is 5.75. The van der Waals surface area contributed by atoms with Crippen molar-refractivity contribution in [2.45, 2.75) is 20.8 Å². The summed E-state index contributed by atoms with van der Waals surface area (Å²) in [6.07, 6.45) is 0. The van der Waals surface area contributed by atoms with Crippen LogP contribution in [0.15, 0.2) is 4.99 Å². The van der Waals surface area contributed by atoms with Gasteiger partial charge in [-0.3, -0.25) is 15.0 Å². The average molecular weight is 190 g/mol. The third-order valence-electron chi connectivity index (χ3n) is 0.970. The Bertz CT molecular complexity index is 166.